The van der Waals surface area contributed by atoms with E-state index >= 15 is 0 Å². The van der Waals surface area contributed by atoms with Crippen LogP contribution in [-0.2, 0) is 4.74 Å². The molecule has 1 aliphatic rings. The van der Waals surface area contributed by atoms with Gasteiger partial charge in [-0.2, -0.15) is 0 Å². The van der Waals surface area contributed by atoms with Gasteiger partial charge in [-0.05, 0) is 66.1 Å². The zero-order valence-electron chi connectivity index (χ0n) is 19.4. The molecule has 1 heterocycles. The van der Waals surface area contributed by atoms with Gasteiger partial charge >= 0.3 is 0 Å². The van der Waals surface area contributed by atoms with E-state index < -0.39 is 51.9 Å². The normalized spacial score (nSPS) is 18.8. The van der Waals surface area contributed by atoms with Crippen molar-refractivity contribution in [3.8, 4) is 11.1 Å². The van der Waals surface area contributed by atoms with Gasteiger partial charge in [0.2, 0.25) is 0 Å². The molecule has 2 atom stereocenters. The Labute approximate surface area is 204 Å². The molecule has 0 aromatic heterocycles. The van der Waals surface area contributed by atoms with Crippen LogP contribution in [0.3, 0.4) is 0 Å². The molecule has 190 valence electrons. The first-order valence-corrected chi connectivity index (χ1v) is 11.6. The Hall–Kier alpha value is -3.13. The van der Waals surface area contributed by atoms with Crippen molar-refractivity contribution >= 4 is 11.7 Å². The van der Waals surface area contributed by atoms with Crippen molar-refractivity contribution in [3.05, 3.63) is 94.3 Å². The van der Waals surface area contributed by atoms with Crippen LogP contribution in [0.25, 0.3) is 22.8 Å². The smallest absolute Gasteiger partial charge is 0.194 e. The highest BCUT2D eigenvalue weighted by Gasteiger charge is 2.24. The Morgan fingerprint density at radius 2 is 1.39 bits per heavy atom. The molecular formula is C28H23F7O. The maximum atomic E-state index is 14.7. The lowest BCUT2D eigenvalue weighted by Crippen LogP contribution is -2.20. The lowest BCUT2D eigenvalue weighted by atomic mass is 9.91. The van der Waals surface area contributed by atoms with Crippen LogP contribution in [0.2, 0.25) is 0 Å². The SMILES string of the molecule is CCCC1CCC(c2ccc(-c3cc(F)c(/C(F)=C(\F)c4cc(F)c(F)c(F)c4)c(F)c3)cc2)OC1. The molecule has 2 unspecified atom stereocenters. The van der Waals surface area contributed by atoms with Crippen molar-refractivity contribution in [2.45, 2.75) is 38.7 Å². The number of hydrogen-bond acceptors (Lipinski definition) is 1. The van der Waals surface area contributed by atoms with Crippen LogP contribution in [0.5, 0.6) is 0 Å². The zero-order valence-corrected chi connectivity index (χ0v) is 19.4. The molecule has 0 N–H and O–H groups in total. The van der Waals surface area contributed by atoms with Gasteiger partial charge in [0.1, 0.15) is 11.6 Å². The molecule has 0 aliphatic carbocycles. The first-order chi connectivity index (χ1) is 17.2. The molecule has 1 saturated heterocycles. The molecule has 1 aliphatic heterocycles. The van der Waals surface area contributed by atoms with Crippen LogP contribution in [0.4, 0.5) is 30.7 Å². The van der Waals surface area contributed by atoms with Gasteiger partial charge in [-0.15, -0.1) is 0 Å². The van der Waals surface area contributed by atoms with Gasteiger partial charge < -0.3 is 4.74 Å². The number of rotatable bonds is 6. The Kier molecular flexibility index (Phi) is 7.83. The minimum atomic E-state index is -2.01. The molecule has 0 bridgehead atoms. The number of benzene rings is 3. The fourth-order valence-corrected chi connectivity index (χ4v) is 4.46. The fourth-order valence-electron chi connectivity index (χ4n) is 4.46. The van der Waals surface area contributed by atoms with E-state index in [1.54, 1.807) is 24.3 Å². The monoisotopic (exact) mass is 508 g/mol. The van der Waals surface area contributed by atoms with Crippen LogP contribution >= 0.6 is 0 Å². The third-order valence-corrected chi connectivity index (χ3v) is 6.37. The maximum absolute atomic E-state index is 14.7. The zero-order chi connectivity index (χ0) is 26.0. The van der Waals surface area contributed by atoms with E-state index in [2.05, 4.69) is 6.92 Å². The minimum Gasteiger partial charge on any atom is -0.373 e. The second kappa shape index (κ2) is 10.9. The van der Waals surface area contributed by atoms with Gasteiger partial charge in [-0.1, -0.05) is 37.6 Å². The molecule has 4 rings (SSSR count). The second-order valence-electron chi connectivity index (χ2n) is 8.87. The average Bonchev–Trinajstić information content (AvgIpc) is 2.86. The molecule has 0 spiro atoms. The van der Waals surface area contributed by atoms with Crippen LogP contribution in [-0.4, -0.2) is 6.61 Å². The quantitative estimate of drug-likeness (QED) is 0.183. The Bertz CT molecular complexity index is 1230. The summed E-state index contributed by atoms with van der Waals surface area (Å²) in [5, 5.41) is 0. The fraction of sp³-hybridized carbons (Fsp3) is 0.286. The summed E-state index contributed by atoms with van der Waals surface area (Å²) in [5.41, 5.74) is -0.917. The molecule has 1 fully saturated rings. The van der Waals surface area contributed by atoms with Crippen molar-refractivity contribution in [1.82, 2.24) is 0 Å². The standard InChI is InChI=1S/C28H23F7O/c1-2-3-15-4-9-24(36-14-15)17-7-5-16(6-8-17)18-10-20(29)25(21(30)11-18)28(35)26(33)19-12-22(31)27(34)23(32)13-19/h5-8,10-13,15,24H,2-4,9,14H2,1H3/b28-26+. The summed E-state index contributed by atoms with van der Waals surface area (Å²) in [6.45, 7) is 2.82. The lowest BCUT2D eigenvalue weighted by molar-refractivity contribution is -0.0194. The lowest BCUT2D eigenvalue weighted by Gasteiger charge is -2.29. The minimum absolute atomic E-state index is 0.0636. The van der Waals surface area contributed by atoms with Crippen molar-refractivity contribution < 1.29 is 35.5 Å². The Balaban J connectivity index is 1.58. The highest BCUT2D eigenvalue weighted by atomic mass is 19.2. The summed E-state index contributed by atoms with van der Waals surface area (Å²) in [4.78, 5) is 0. The summed E-state index contributed by atoms with van der Waals surface area (Å²) in [6.07, 6.45) is 4.10. The number of hydrogen-bond donors (Lipinski definition) is 0. The largest absolute Gasteiger partial charge is 0.373 e. The van der Waals surface area contributed by atoms with E-state index in [1.165, 1.54) is 0 Å². The van der Waals surface area contributed by atoms with E-state index in [9.17, 15) is 30.7 Å². The van der Waals surface area contributed by atoms with Crippen molar-refractivity contribution in [2.75, 3.05) is 6.61 Å². The van der Waals surface area contributed by atoms with Gasteiger partial charge in [0.05, 0.1) is 18.3 Å². The van der Waals surface area contributed by atoms with E-state index in [0.717, 1.165) is 43.4 Å². The Morgan fingerprint density at radius 3 is 1.92 bits per heavy atom. The second-order valence-corrected chi connectivity index (χ2v) is 8.87. The van der Waals surface area contributed by atoms with Crippen LogP contribution < -0.4 is 0 Å². The molecule has 1 nitrogen and oxygen atoms in total. The number of halogens is 7. The predicted molar refractivity (Wildman–Crippen MR) is 123 cm³/mol. The molecule has 8 heteroatoms. The van der Waals surface area contributed by atoms with E-state index in [0.29, 0.717) is 18.1 Å². The molecule has 3 aromatic rings. The highest BCUT2D eigenvalue weighted by molar-refractivity contribution is 5.84. The van der Waals surface area contributed by atoms with Gasteiger partial charge in [0, 0.05) is 5.56 Å². The highest BCUT2D eigenvalue weighted by Crippen LogP contribution is 2.36. The maximum Gasteiger partial charge on any atom is 0.194 e. The Morgan fingerprint density at radius 1 is 0.778 bits per heavy atom. The summed E-state index contributed by atoms with van der Waals surface area (Å²) in [6, 6.07) is 8.95. The van der Waals surface area contributed by atoms with Crippen molar-refractivity contribution in [3.63, 3.8) is 0 Å². The third kappa shape index (κ3) is 5.33. The van der Waals surface area contributed by atoms with Crippen LogP contribution in [0.15, 0.2) is 48.5 Å². The van der Waals surface area contributed by atoms with Crippen molar-refractivity contribution in [2.24, 2.45) is 5.92 Å². The van der Waals surface area contributed by atoms with Gasteiger partial charge in [-0.3, -0.25) is 0 Å². The summed E-state index contributed by atoms with van der Waals surface area (Å²) in [7, 11) is 0. The molecule has 3 aromatic carbocycles. The molecule has 36 heavy (non-hydrogen) atoms. The van der Waals surface area contributed by atoms with E-state index in [-0.39, 0.29) is 23.8 Å². The molecule has 0 amide bonds. The van der Waals surface area contributed by atoms with Gasteiger partial charge in [0.25, 0.3) is 0 Å². The molecular weight excluding hydrogens is 485 g/mol. The van der Waals surface area contributed by atoms with Gasteiger partial charge in [-0.25, -0.2) is 30.7 Å². The van der Waals surface area contributed by atoms with Gasteiger partial charge in [0.15, 0.2) is 29.1 Å². The summed E-state index contributed by atoms with van der Waals surface area (Å²) in [5.74, 6) is -11.6. The van der Waals surface area contributed by atoms with Crippen molar-refractivity contribution in [1.29, 1.82) is 0 Å². The van der Waals surface area contributed by atoms with E-state index in [4.69, 9.17) is 4.74 Å². The average molecular weight is 508 g/mol. The molecule has 0 saturated carbocycles. The third-order valence-electron chi connectivity index (χ3n) is 6.37. The summed E-state index contributed by atoms with van der Waals surface area (Å²) >= 11 is 0. The van der Waals surface area contributed by atoms with E-state index in [1.807, 2.05) is 0 Å². The van der Waals surface area contributed by atoms with Crippen LogP contribution in [0, 0.1) is 35.0 Å². The number of ether oxygens (including phenoxy) is 1. The van der Waals surface area contributed by atoms with Crippen LogP contribution in [0.1, 0.15) is 55.4 Å². The topological polar surface area (TPSA) is 9.23 Å². The first-order valence-electron chi connectivity index (χ1n) is 11.6. The first kappa shape index (κ1) is 25.9. The molecule has 0 radical (unpaired) electrons. The summed E-state index contributed by atoms with van der Waals surface area (Å²) < 4.78 is 104. The predicted octanol–water partition coefficient (Wildman–Crippen LogP) is 9.08.